The van der Waals surface area contributed by atoms with Crippen molar-refractivity contribution >= 4 is 40.7 Å². The largest absolute Gasteiger partial charge is 0.416 e. The third kappa shape index (κ3) is 6.71. The topological polar surface area (TPSA) is 15.3 Å². The number of benzene rings is 1. The minimum Gasteiger partial charge on any atom is -0.314 e. The van der Waals surface area contributed by atoms with E-state index in [4.69, 9.17) is 0 Å². The Morgan fingerprint density at radius 1 is 1.17 bits per heavy atom. The van der Waals surface area contributed by atoms with Gasteiger partial charge in [-0.05, 0) is 30.2 Å². The summed E-state index contributed by atoms with van der Waals surface area (Å²) < 4.78 is 39.7. The van der Waals surface area contributed by atoms with E-state index in [0.717, 1.165) is 57.1 Å². The number of hydrogen-bond donors (Lipinski definition) is 1. The second-order valence-corrected chi connectivity index (χ2v) is 6.63. The Hall–Kier alpha value is -0.0100. The molecule has 1 aliphatic heterocycles. The van der Waals surface area contributed by atoms with Gasteiger partial charge in [0, 0.05) is 36.7 Å². The maximum absolute atomic E-state index is 13.1. The number of rotatable bonds is 5. The van der Waals surface area contributed by atoms with Crippen molar-refractivity contribution in [1.82, 2.24) is 10.2 Å². The normalized spacial score (nSPS) is 16.9. The number of piperazine rings is 1. The van der Waals surface area contributed by atoms with Gasteiger partial charge < -0.3 is 5.32 Å². The number of alkyl halides is 3. The van der Waals surface area contributed by atoms with Crippen LogP contribution in [0, 0.1) is 0 Å². The predicted octanol–water partition coefficient (Wildman–Crippen LogP) is 5.45. The summed E-state index contributed by atoms with van der Waals surface area (Å²) in [6.07, 6.45) is -1.35. The Morgan fingerprint density at radius 2 is 1.79 bits per heavy atom. The molecule has 0 aromatic heterocycles. The van der Waals surface area contributed by atoms with Gasteiger partial charge in [0.2, 0.25) is 0 Å². The summed E-state index contributed by atoms with van der Waals surface area (Å²) in [6.45, 7) is 5.65. The van der Waals surface area contributed by atoms with E-state index in [2.05, 4.69) is 33.1 Å². The Bertz CT molecular complexity index is 495. The Labute approximate surface area is 162 Å². The Morgan fingerprint density at radius 3 is 2.33 bits per heavy atom. The highest BCUT2D eigenvalue weighted by atomic mass is 79.9. The van der Waals surface area contributed by atoms with E-state index in [1.807, 2.05) is 6.07 Å². The quantitative estimate of drug-likeness (QED) is 0.640. The molecule has 0 saturated carbocycles. The van der Waals surface area contributed by atoms with Crippen molar-refractivity contribution in [2.75, 3.05) is 26.2 Å². The lowest BCUT2D eigenvalue weighted by Gasteiger charge is -2.35. The molecule has 1 fully saturated rings. The van der Waals surface area contributed by atoms with Crippen molar-refractivity contribution in [3.63, 3.8) is 0 Å². The number of hydrogen-bond acceptors (Lipinski definition) is 2. The molecule has 0 unspecified atom stereocenters. The summed E-state index contributed by atoms with van der Waals surface area (Å²) >= 11 is 3.24. The maximum Gasteiger partial charge on any atom is 0.416 e. The van der Waals surface area contributed by atoms with Crippen LogP contribution < -0.4 is 5.32 Å². The fraction of sp³-hybridized carbons (Fsp3) is 0.625. The van der Waals surface area contributed by atoms with Crippen LogP contribution in [0.1, 0.15) is 43.4 Å². The van der Waals surface area contributed by atoms with Gasteiger partial charge in [0.05, 0.1) is 5.56 Å². The summed E-state index contributed by atoms with van der Waals surface area (Å²) in [4.78, 5) is 2.30. The molecule has 1 aromatic rings. The summed E-state index contributed by atoms with van der Waals surface area (Å²) in [5.41, 5.74) is 0.186. The van der Waals surface area contributed by atoms with Crippen molar-refractivity contribution < 1.29 is 13.2 Å². The summed E-state index contributed by atoms with van der Waals surface area (Å²) in [5, 5.41) is 3.29. The van der Waals surface area contributed by atoms with Crippen LogP contribution in [-0.4, -0.2) is 31.1 Å². The second-order valence-electron chi connectivity index (χ2n) is 5.71. The van der Waals surface area contributed by atoms with Crippen LogP contribution in [0.2, 0.25) is 0 Å². The first-order chi connectivity index (χ1) is 10.4. The van der Waals surface area contributed by atoms with Crippen LogP contribution in [-0.2, 0) is 6.18 Å². The van der Waals surface area contributed by atoms with Crippen molar-refractivity contribution in [2.45, 2.75) is 38.4 Å². The highest BCUT2D eigenvalue weighted by Crippen LogP contribution is 2.36. The van der Waals surface area contributed by atoms with Crippen LogP contribution >= 0.6 is 40.7 Å². The fourth-order valence-corrected chi connectivity index (χ4v) is 3.43. The maximum atomic E-state index is 13.1. The molecule has 0 bridgehead atoms. The van der Waals surface area contributed by atoms with Crippen molar-refractivity contribution in [2.24, 2.45) is 0 Å². The van der Waals surface area contributed by atoms with Gasteiger partial charge in [-0.1, -0.05) is 35.7 Å². The molecule has 140 valence electrons. The van der Waals surface area contributed by atoms with E-state index in [1.165, 1.54) is 6.07 Å². The van der Waals surface area contributed by atoms with Crippen molar-refractivity contribution in [3.8, 4) is 0 Å². The zero-order valence-corrected chi connectivity index (χ0v) is 16.8. The molecule has 0 aliphatic carbocycles. The first kappa shape index (κ1) is 24.0. The van der Waals surface area contributed by atoms with Gasteiger partial charge in [-0.3, -0.25) is 4.90 Å². The first-order valence-corrected chi connectivity index (χ1v) is 8.53. The SMILES string of the molecule is CCCC[C@@H](c1cc(Br)cc(C(F)(F)F)c1)N1CCNCC1.Cl.Cl. The zero-order valence-electron chi connectivity index (χ0n) is 13.5. The number of halogens is 6. The molecule has 0 radical (unpaired) electrons. The highest BCUT2D eigenvalue weighted by Gasteiger charge is 2.32. The second kappa shape index (κ2) is 10.9. The van der Waals surface area contributed by atoms with Gasteiger partial charge in [0.1, 0.15) is 0 Å². The minimum absolute atomic E-state index is 0. The Balaban J connectivity index is 0.00000264. The van der Waals surface area contributed by atoms with E-state index < -0.39 is 11.7 Å². The lowest BCUT2D eigenvalue weighted by atomic mass is 9.97. The number of unbranched alkanes of at least 4 members (excludes halogenated alkanes) is 1. The van der Waals surface area contributed by atoms with Gasteiger partial charge >= 0.3 is 6.18 Å². The molecule has 2 nitrogen and oxygen atoms in total. The molecule has 1 N–H and O–H groups in total. The monoisotopic (exact) mass is 450 g/mol. The fourth-order valence-electron chi connectivity index (χ4n) is 2.92. The minimum atomic E-state index is -4.31. The molecular weight excluding hydrogens is 428 g/mol. The molecule has 1 aliphatic rings. The van der Waals surface area contributed by atoms with Crippen molar-refractivity contribution in [3.05, 3.63) is 33.8 Å². The van der Waals surface area contributed by atoms with Crippen LogP contribution in [0.3, 0.4) is 0 Å². The lowest BCUT2D eigenvalue weighted by molar-refractivity contribution is -0.137. The third-order valence-corrected chi connectivity index (χ3v) is 4.51. The first-order valence-electron chi connectivity index (χ1n) is 7.74. The van der Waals surface area contributed by atoms with Gasteiger partial charge in [-0.2, -0.15) is 13.2 Å². The van der Waals surface area contributed by atoms with Gasteiger partial charge in [0.15, 0.2) is 0 Å². The molecule has 1 saturated heterocycles. The van der Waals surface area contributed by atoms with Crippen molar-refractivity contribution in [1.29, 1.82) is 0 Å². The molecule has 1 heterocycles. The van der Waals surface area contributed by atoms with E-state index in [1.54, 1.807) is 0 Å². The van der Waals surface area contributed by atoms with E-state index in [-0.39, 0.29) is 30.9 Å². The number of nitrogens with one attached hydrogen (secondary N) is 1. The standard InChI is InChI=1S/C16H22BrF3N2.2ClH/c1-2-3-4-15(22-7-5-21-6-8-22)12-9-13(16(18,19)20)11-14(17)10-12;;/h9-11,15,21H,2-8H2,1H3;2*1H/t15-;;/m0../s1. The van der Waals surface area contributed by atoms with E-state index in [0.29, 0.717) is 4.47 Å². The summed E-state index contributed by atoms with van der Waals surface area (Å²) in [6, 6.07) is 4.35. The van der Waals surface area contributed by atoms with Gasteiger partial charge in [-0.25, -0.2) is 0 Å². The average Bonchev–Trinajstić information content (AvgIpc) is 2.47. The third-order valence-electron chi connectivity index (χ3n) is 4.06. The lowest BCUT2D eigenvalue weighted by Crippen LogP contribution is -2.45. The Kier molecular flexibility index (Phi) is 10.9. The van der Waals surface area contributed by atoms with Gasteiger partial charge in [0.25, 0.3) is 0 Å². The van der Waals surface area contributed by atoms with E-state index >= 15 is 0 Å². The van der Waals surface area contributed by atoms with Crippen LogP contribution in [0.25, 0.3) is 0 Å². The molecule has 2 rings (SSSR count). The molecule has 1 aromatic carbocycles. The molecular formula is C16H24BrCl2F3N2. The molecule has 24 heavy (non-hydrogen) atoms. The molecule has 1 atom stereocenters. The van der Waals surface area contributed by atoms with Crippen LogP contribution in [0.15, 0.2) is 22.7 Å². The summed E-state index contributed by atoms with van der Waals surface area (Å²) in [7, 11) is 0. The smallest absolute Gasteiger partial charge is 0.314 e. The molecule has 8 heteroatoms. The van der Waals surface area contributed by atoms with Crippen LogP contribution in [0.5, 0.6) is 0 Å². The number of nitrogens with zero attached hydrogens (tertiary/aromatic N) is 1. The highest BCUT2D eigenvalue weighted by molar-refractivity contribution is 9.10. The molecule has 0 spiro atoms. The summed E-state index contributed by atoms with van der Waals surface area (Å²) in [5.74, 6) is 0. The molecule has 0 amide bonds. The predicted molar refractivity (Wildman–Crippen MR) is 100 cm³/mol. The zero-order chi connectivity index (χ0) is 16.2. The average molecular weight is 452 g/mol. The van der Waals surface area contributed by atoms with E-state index in [9.17, 15) is 13.2 Å². The van der Waals surface area contributed by atoms with Gasteiger partial charge in [-0.15, -0.1) is 24.8 Å². The van der Waals surface area contributed by atoms with Crippen LogP contribution in [0.4, 0.5) is 13.2 Å².